The topological polar surface area (TPSA) is 56.8 Å². The van der Waals surface area contributed by atoms with Gasteiger partial charge in [0.25, 0.3) is 5.91 Å². The third-order valence-corrected chi connectivity index (χ3v) is 6.00. The molecular formula is C20H24N4O2S. The van der Waals surface area contributed by atoms with E-state index in [1.54, 1.807) is 10.9 Å². The van der Waals surface area contributed by atoms with Crippen molar-refractivity contribution in [3.8, 4) is 0 Å². The minimum Gasteiger partial charge on any atom is -0.337 e. The fourth-order valence-corrected chi connectivity index (χ4v) is 4.46. The SMILES string of the molecule is O=C(c1cscn1)N1CCN(C2CCCN(Cc3ccccc3)C2=O)CC1. The monoisotopic (exact) mass is 384 g/mol. The number of benzene rings is 1. The Morgan fingerprint density at radius 1 is 1.11 bits per heavy atom. The maximum Gasteiger partial charge on any atom is 0.273 e. The molecule has 142 valence electrons. The molecule has 2 aliphatic heterocycles. The van der Waals surface area contributed by atoms with Gasteiger partial charge >= 0.3 is 0 Å². The Bertz CT molecular complexity index is 773. The first-order valence-electron chi connectivity index (χ1n) is 9.46. The second-order valence-corrected chi connectivity index (χ2v) is 7.82. The van der Waals surface area contributed by atoms with Crippen molar-refractivity contribution in [1.29, 1.82) is 0 Å². The van der Waals surface area contributed by atoms with Crippen molar-refractivity contribution >= 4 is 23.2 Å². The fraction of sp³-hybridized carbons (Fsp3) is 0.450. The number of hydrogen-bond donors (Lipinski definition) is 0. The van der Waals surface area contributed by atoms with Crippen LogP contribution in [-0.2, 0) is 11.3 Å². The molecule has 1 unspecified atom stereocenters. The van der Waals surface area contributed by atoms with Crippen LogP contribution in [-0.4, -0.2) is 70.3 Å². The van der Waals surface area contributed by atoms with Gasteiger partial charge in [-0.1, -0.05) is 30.3 Å². The Labute approximate surface area is 163 Å². The molecule has 0 N–H and O–H groups in total. The van der Waals surface area contributed by atoms with Crippen LogP contribution in [0.4, 0.5) is 0 Å². The predicted molar refractivity (Wildman–Crippen MR) is 104 cm³/mol. The lowest BCUT2D eigenvalue weighted by Gasteiger charge is -2.42. The predicted octanol–water partition coefficient (Wildman–Crippen LogP) is 2.09. The summed E-state index contributed by atoms with van der Waals surface area (Å²) in [5, 5.41) is 1.79. The number of carbonyl (C=O) groups excluding carboxylic acids is 2. The lowest BCUT2D eigenvalue weighted by Crippen LogP contribution is -2.58. The maximum absolute atomic E-state index is 13.0. The summed E-state index contributed by atoms with van der Waals surface area (Å²) in [4.78, 5) is 35.7. The van der Waals surface area contributed by atoms with Crippen molar-refractivity contribution in [3.63, 3.8) is 0 Å². The van der Waals surface area contributed by atoms with Crippen LogP contribution >= 0.6 is 11.3 Å². The van der Waals surface area contributed by atoms with Crippen LogP contribution in [0.3, 0.4) is 0 Å². The Morgan fingerprint density at radius 2 is 1.89 bits per heavy atom. The minimum atomic E-state index is -0.0565. The van der Waals surface area contributed by atoms with E-state index in [4.69, 9.17) is 0 Å². The quantitative estimate of drug-likeness (QED) is 0.810. The van der Waals surface area contributed by atoms with Crippen molar-refractivity contribution in [2.75, 3.05) is 32.7 Å². The van der Waals surface area contributed by atoms with Crippen LogP contribution in [0.5, 0.6) is 0 Å². The Hall–Kier alpha value is -2.25. The van der Waals surface area contributed by atoms with Gasteiger partial charge in [-0.25, -0.2) is 4.98 Å². The summed E-state index contributed by atoms with van der Waals surface area (Å²) in [7, 11) is 0. The third-order valence-electron chi connectivity index (χ3n) is 5.41. The van der Waals surface area contributed by atoms with E-state index >= 15 is 0 Å². The molecule has 0 radical (unpaired) electrons. The van der Waals surface area contributed by atoms with E-state index < -0.39 is 0 Å². The molecule has 2 aliphatic rings. The molecule has 2 amide bonds. The molecule has 27 heavy (non-hydrogen) atoms. The number of piperidine rings is 1. The highest BCUT2D eigenvalue weighted by molar-refractivity contribution is 7.07. The van der Waals surface area contributed by atoms with Gasteiger partial charge in [0.05, 0.1) is 11.6 Å². The maximum atomic E-state index is 13.0. The molecule has 2 saturated heterocycles. The number of amides is 2. The summed E-state index contributed by atoms with van der Waals surface area (Å²) in [5.41, 5.74) is 3.38. The zero-order valence-electron chi connectivity index (χ0n) is 15.3. The van der Waals surface area contributed by atoms with Gasteiger partial charge in [-0.15, -0.1) is 11.3 Å². The Kier molecular flexibility index (Phi) is 5.50. The number of nitrogens with zero attached hydrogens (tertiary/aromatic N) is 4. The highest BCUT2D eigenvalue weighted by atomic mass is 32.1. The smallest absolute Gasteiger partial charge is 0.273 e. The lowest BCUT2D eigenvalue weighted by molar-refractivity contribution is -0.141. The molecule has 0 bridgehead atoms. The number of thiazole rings is 1. The van der Waals surface area contributed by atoms with E-state index in [0.717, 1.165) is 32.5 Å². The minimum absolute atomic E-state index is 0.00317. The fourth-order valence-electron chi connectivity index (χ4n) is 3.94. The van der Waals surface area contributed by atoms with Crippen molar-refractivity contribution in [2.24, 2.45) is 0 Å². The van der Waals surface area contributed by atoms with Crippen LogP contribution in [0.1, 0.15) is 28.9 Å². The van der Waals surface area contributed by atoms with E-state index in [-0.39, 0.29) is 17.9 Å². The third kappa shape index (κ3) is 4.04. The average Bonchev–Trinajstić information content (AvgIpc) is 3.25. The Balaban J connectivity index is 1.35. The zero-order chi connectivity index (χ0) is 18.6. The normalized spacial score (nSPS) is 21.5. The molecule has 7 heteroatoms. The Morgan fingerprint density at radius 3 is 2.59 bits per heavy atom. The van der Waals surface area contributed by atoms with Crippen LogP contribution in [0.15, 0.2) is 41.2 Å². The van der Waals surface area contributed by atoms with E-state index in [1.165, 1.54) is 16.9 Å². The van der Waals surface area contributed by atoms with E-state index in [0.29, 0.717) is 25.3 Å². The van der Waals surface area contributed by atoms with Crippen LogP contribution in [0, 0.1) is 0 Å². The van der Waals surface area contributed by atoms with Gasteiger partial charge in [0, 0.05) is 44.6 Å². The average molecular weight is 385 g/mol. The first kappa shape index (κ1) is 18.1. The van der Waals surface area contributed by atoms with E-state index in [1.807, 2.05) is 28.0 Å². The van der Waals surface area contributed by atoms with E-state index in [2.05, 4.69) is 22.0 Å². The van der Waals surface area contributed by atoms with Gasteiger partial charge in [-0.2, -0.15) is 0 Å². The van der Waals surface area contributed by atoms with Crippen molar-refractivity contribution in [2.45, 2.75) is 25.4 Å². The summed E-state index contributed by atoms with van der Waals surface area (Å²) in [6.07, 6.45) is 1.94. The van der Waals surface area contributed by atoms with Gasteiger partial charge in [0.15, 0.2) is 0 Å². The summed E-state index contributed by atoms with van der Waals surface area (Å²) in [6.45, 7) is 4.29. The molecule has 0 aliphatic carbocycles. The van der Waals surface area contributed by atoms with Gasteiger partial charge in [0.1, 0.15) is 5.69 Å². The molecule has 2 fully saturated rings. The first-order chi connectivity index (χ1) is 13.2. The van der Waals surface area contributed by atoms with Crippen LogP contribution in [0.25, 0.3) is 0 Å². The van der Waals surface area contributed by atoms with Gasteiger partial charge in [-0.3, -0.25) is 14.5 Å². The summed E-state index contributed by atoms with van der Waals surface area (Å²) in [6, 6.07) is 10.1. The molecule has 2 aromatic rings. The number of hydrogen-bond acceptors (Lipinski definition) is 5. The molecule has 6 nitrogen and oxygen atoms in total. The van der Waals surface area contributed by atoms with E-state index in [9.17, 15) is 9.59 Å². The molecular weight excluding hydrogens is 360 g/mol. The number of piperazine rings is 1. The summed E-state index contributed by atoms with van der Waals surface area (Å²) >= 11 is 1.44. The molecule has 1 aromatic carbocycles. The highest BCUT2D eigenvalue weighted by Crippen LogP contribution is 2.21. The highest BCUT2D eigenvalue weighted by Gasteiger charge is 2.35. The van der Waals surface area contributed by atoms with Gasteiger partial charge in [0.2, 0.25) is 5.91 Å². The van der Waals surface area contributed by atoms with Crippen LogP contribution in [0.2, 0.25) is 0 Å². The summed E-state index contributed by atoms with van der Waals surface area (Å²) < 4.78 is 0. The number of aromatic nitrogens is 1. The van der Waals surface area contributed by atoms with Crippen molar-refractivity contribution in [3.05, 3.63) is 52.5 Å². The second kappa shape index (κ2) is 8.19. The number of likely N-dealkylation sites (tertiary alicyclic amines) is 1. The molecule has 1 aromatic heterocycles. The summed E-state index contributed by atoms with van der Waals surface area (Å²) in [5.74, 6) is 0.223. The van der Waals surface area contributed by atoms with Crippen molar-refractivity contribution in [1.82, 2.24) is 19.7 Å². The van der Waals surface area contributed by atoms with Crippen molar-refractivity contribution < 1.29 is 9.59 Å². The molecule has 0 saturated carbocycles. The standard InChI is InChI=1S/C20H24N4O2S/c25-19(17-14-27-15-21-17)23-11-9-22(10-12-23)18-7-4-8-24(20(18)26)13-16-5-2-1-3-6-16/h1-3,5-6,14-15,18H,4,7-13H2. The zero-order valence-corrected chi connectivity index (χ0v) is 16.1. The van der Waals surface area contributed by atoms with Gasteiger partial charge < -0.3 is 9.80 Å². The molecule has 0 spiro atoms. The first-order valence-corrected chi connectivity index (χ1v) is 10.4. The van der Waals surface area contributed by atoms with Crippen LogP contribution < -0.4 is 0 Å². The molecule has 4 rings (SSSR count). The molecule has 3 heterocycles. The molecule has 1 atom stereocenters. The lowest BCUT2D eigenvalue weighted by atomic mass is 10.0. The van der Waals surface area contributed by atoms with Gasteiger partial charge in [-0.05, 0) is 18.4 Å². The second-order valence-electron chi connectivity index (χ2n) is 7.11. The number of carbonyl (C=O) groups is 2. The largest absolute Gasteiger partial charge is 0.337 e. The number of rotatable bonds is 4.